The van der Waals surface area contributed by atoms with Gasteiger partial charge in [-0.15, -0.1) is 0 Å². The highest BCUT2D eigenvalue weighted by atomic mass is 19.1. The molecule has 0 aliphatic heterocycles. The highest BCUT2D eigenvalue weighted by Gasteiger charge is 2.38. The minimum absolute atomic E-state index is 0.0172. The Kier molecular flexibility index (Phi) is 1.98. The van der Waals surface area contributed by atoms with Crippen LogP contribution in [0.4, 0.5) is 16.3 Å². The van der Waals surface area contributed by atoms with Gasteiger partial charge >= 0.3 is 0 Å². The quantitative estimate of drug-likeness (QED) is 0.694. The van der Waals surface area contributed by atoms with E-state index in [0.29, 0.717) is 12.8 Å². The van der Waals surface area contributed by atoms with Gasteiger partial charge < -0.3 is 11.5 Å². The van der Waals surface area contributed by atoms with Crippen LogP contribution in [-0.4, -0.2) is 15.0 Å². The molecule has 0 amide bonds. The zero-order valence-corrected chi connectivity index (χ0v) is 7.70. The van der Waals surface area contributed by atoms with Crippen molar-refractivity contribution in [1.29, 1.82) is 0 Å². The Hall–Kier alpha value is -1.46. The Morgan fingerprint density at radius 1 is 1.00 bits per heavy atom. The lowest BCUT2D eigenvalue weighted by Gasteiger charge is -2.16. The SMILES string of the molecule is Nc1nc(N)nc(C2(F)CCCC2)n1. The zero-order chi connectivity index (χ0) is 10.2. The second kappa shape index (κ2) is 3.04. The van der Waals surface area contributed by atoms with Crippen LogP contribution in [0.2, 0.25) is 0 Å². The molecule has 14 heavy (non-hydrogen) atoms. The Morgan fingerprint density at radius 2 is 1.50 bits per heavy atom. The van der Waals surface area contributed by atoms with Gasteiger partial charge in [-0.05, 0) is 25.7 Å². The molecule has 0 aromatic carbocycles. The van der Waals surface area contributed by atoms with E-state index >= 15 is 0 Å². The predicted octanol–water partition coefficient (Wildman–Crippen LogP) is 0.775. The topological polar surface area (TPSA) is 90.7 Å². The summed E-state index contributed by atoms with van der Waals surface area (Å²) in [6.45, 7) is 0. The van der Waals surface area contributed by atoms with Crippen molar-refractivity contribution in [3.8, 4) is 0 Å². The van der Waals surface area contributed by atoms with E-state index in [1.54, 1.807) is 0 Å². The van der Waals surface area contributed by atoms with Gasteiger partial charge in [-0.3, -0.25) is 0 Å². The van der Waals surface area contributed by atoms with Gasteiger partial charge in [0, 0.05) is 0 Å². The van der Waals surface area contributed by atoms with Gasteiger partial charge in [0.25, 0.3) is 0 Å². The summed E-state index contributed by atoms with van der Waals surface area (Å²) in [7, 11) is 0. The normalized spacial score (nSPS) is 19.8. The molecule has 1 fully saturated rings. The van der Waals surface area contributed by atoms with Crippen molar-refractivity contribution >= 4 is 11.9 Å². The molecule has 1 heterocycles. The van der Waals surface area contributed by atoms with E-state index in [2.05, 4.69) is 15.0 Å². The van der Waals surface area contributed by atoms with Crippen molar-refractivity contribution in [2.45, 2.75) is 31.4 Å². The van der Waals surface area contributed by atoms with Crippen LogP contribution >= 0.6 is 0 Å². The smallest absolute Gasteiger partial charge is 0.225 e. The fourth-order valence-electron chi connectivity index (χ4n) is 1.77. The molecule has 1 aromatic rings. The first-order valence-electron chi connectivity index (χ1n) is 4.57. The maximum Gasteiger partial charge on any atom is 0.225 e. The predicted molar refractivity (Wildman–Crippen MR) is 49.9 cm³/mol. The van der Waals surface area contributed by atoms with Gasteiger partial charge in [0.05, 0.1) is 0 Å². The van der Waals surface area contributed by atoms with Crippen molar-refractivity contribution in [2.75, 3.05) is 11.5 Å². The number of nitrogen functional groups attached to an aromatic ring is 2. The molecule has 1 aromatic heterocycles. The van der Waals surface area contributed by atoms with E-state index in [4.69, 9.17) is 11.5 Å². The number of rotatable bonds is 1. The fourth-order valence-corrected chi connectivity index (χ4v) is 1.77. The number of halogens is 1. The molecule has 0 radical (unpaired) electrons. The maximum atomic E-state index is 14.1. The van der Waals surface area contributed by atoms with E-state index in [1.807, 2.05) is 0 Å². The van der Waals surface area contributed by atoms with Crippen molar-refractivity contribution < 1.29 is 4.39 Å². The van der Waals surface area contributed by atoms with Crippen LogP contribution in [-0.2, 0) is 5.67 Å². The Morgan fingerprint density at radius 3 is 2.00 bits per heavy atom. The second-order valence-electron chi connectivity index (χ2n) is 3.55. The lowest BCUT2D eigenvalue weighted by molar-refractivity contribution is 0.161. The molecule has 2 rings (SSSR count). The Labute approximate surface area is 80.8 Å². The molecular weight excluding hydrogens is 185 g/mol. The average molecular weight is 197 g/mol. The first-order chi connectivity index (χ1) is 6.60. The number of anilines is 2. The summed E-state index contributed by atoms with van der Waals surface area (Å²) < 4.78 is 14.1. The zero-order valence-electron chi connectivity index (χ0n) is 7.70. The molecule has 1 aliphatic rings. The van der Waals surface area contributed by atoms with E-state index in [1.165, 1.54) is 0 Å². The minimum atomic E-state index is -1.45. The van der Waals surface area contributed by atoms with Crippen LogP contribution in [0, 0.1) is 0 Å². The van der Waals surface area contributed by atoms with Crippen LogP contribution in [0.1, 0.15) is 31.5 Å². The monoisotopic (exact) mass is 197 g/mol. The number of nitrogens with zero attached hydrogens (tertiary/aromatic N) is 3. The van der Waals surface area contributed by atoms with Gasteiger partial charge in [0.2, 0.25) is 11.9 Å². The Balaban J connectivity index is 2.40. The molecule has 0 spiro atoms. The maximum absolute atomic E-state index is 14.1. The van der Waals surface area contributed by atoms with E-state index in [9.17, 15) is 4.39 Å². The number of alkyl halides is 1. The molecule has 0 atom stereocenters. The highest BCUT2D eigenvalue weighted by molar-refractivity contribution is 5.28. The molecule has 0 saturated heterocycles. The molecule has 0 bridgehead atoms. The molecule has 0 unspecified atom stereocenters. The largest absolute Gasteiger partial charge is 0.368 e. The summed E-state index contributed by atoms with van der Waals surface area (Å²) in [6.07, 6.45) is 2.58. The van der Waals surface area contributed by atoms with Crippen LogP contribution in [0.3, 0.4) is 0 Å². The summed E-state index contributed by atoms with van der Waals surface area (Å²) in [4.78, 5) is 11.2. The van der Waals surface area contributed by atoms with E-state index in [0.717, 1.165) is 12.8 Å². The molecule has 5 nitrogen and oxygen atoms in total. The molecule has 1 aliphatic carbocycles. The van der Waals surface area contributed by atoms with Crippen molar-refractivity contribution in [1.82, 2.24) is 15.0 Å². The summed E-state index contributed by atoms with van der Waals surface area (Å²) in [5, 5.41) is 0. The number of aromatic nitrogens is 3. The van der Waals surface area contributed by atoms with Gasteiger partial charge in [0.15, 0.2) is 11.5 Å². The van der Waals surface area contributed by atoms with Crippen LogP contribution in [0.15, 0.2) is 0 Å². The number of hydrogen-bond donors (Lipinski definition) is 2. The van der Waals surface area contributed by atoms with Gasteiger partial charge in [0.1, 0.15) is 0 Å². The summed E-state index contributed by atoms with van der Waals surface area (Å²) in [5.74, 6) is 0.0489. The van der Waals surface area contributed by atoms with Crippen molar-refractivity contribution in [3.63, 3.8) is 0 Å². The van der Waals surface area contributed by atoms with Crippen LogP contribution in [0.25, 0.3) is 0 Å². The number of nitrogens with two attached hydrogens (primary N) is 2. The minimum Gasteiger partial charge on any atom is -0.368 e. The van der Waals surface area contributed by atoms with Crippen molar-refractivity contribution in [2.24, 2.45) is 0 Å². The summed E-state index contributed by atoms with van der Waals surface area (Å²) >= 11 is 0. The third-order valence-electron chi connectivity index (χ3n) is 2.47. The third-order valence-corrected chi connectivity index (χ3v) is 2.47. The van der Waals surface area contributed by atoms with Crippen LogP contribution < -0.4 is 11.5 Å². The van der Waals surface area contributed by atoms with Gasteiger partial charge in [-0.1, -0.05) is 0 Å². The summed E-state index contributed by atoms with van der Waals surface area (Å²) in [6, 6.07) is 0. The lowest BCUT2D eigenvalue weighted by Crippen LogP contribution is -2.21. The number of hydrogen-bond acceptors (Lipinski definition) is 5. The van der Waals surface area contributed by atoms with Gasteiger partial charge in [-0.25, -0.2) is 4.39 Å². The molecule has 4 N–H and O–H groups in total. The first kappa shape index (κ1) is 9.11. The van der Waals surface area contributed by atoms with Crippen molar-refractivity contribution in [3.05, 3.63) is 5.82 Å². The third kappa shape index (κ3) is 1.47. The molecule has 1 saturated carbocycles. The summed E-state index contributed by atoms with van der Waals surface area (Å²) in [5.41, 5.74) is 9.30. The first-order valence-corrected chi connectivity index (χ1v) is 4.57. The molecule has 76 valence electrons. The van der Waals surface area contributed by atoms with Crippen LogP contribution in [0.5, 0.6) is 0 Å². The highest BCUT2D eigenvalue weighted by Crippen LogP contribution is 2.40. The van der Waals surface area contributed by atoms with Gasteiger partial charge in [-0.2, -0.15) is 15.0 Å². The molecular formula is C8H12FN5. The van der Waals surface area contributed by atoms with E-state index < -0.39 is 5.67 Å². The average Bonchev–Trinajstić information content (AvgIpc) is 2.52. The fraction of sp³-hybridized carbons (Fsp3) is 0.625. The molecule has 6 heteroatoms. The second-order valence-corrected chi connectivity index (χ2v) is 3.55. The standard InChI is InChI=1S/C8H12FN5/c9-8(3-1-2-4-8)5-12-6(10)14-7(11)13-5/h1-4H2,(H4,10,11,12,13,14). The van der Waals surface area contributed by atoms with E-state index in [-0.39, 0.29) is 17.7 Å². The lowest BCUT2D eigenvalue weighted by atomic mass is 10.0. The Bertz CT molecular complexity index is 327.